The van der Waals surface area contributed by atoms with Gasteiger partial charge in [-0.3, -0.25) is 15.3 Å². The summed E-state index contributed by atoms with van der Waals surface area (Å²) in [4.78, 5) is 14.0. The normalized spacial score (nSPS) is 13.4. The van der Waals surface area contributed by atoms with E-state index in [9.17, 15) is 13.2 Å². The molecular formula is C13H14N4O3S. The molecule has 110 valence electrons. The lowest BCUT2D eigenvalue weighted by Gasteiger charge is -2.15. The Morgan fingerprint density at radius 3 is 2.81 bits per heavy atom. The maximum Gasteiger partial charge on any atom is 0.284 e. The third kappa shape index (κ3) is 2.67. The number of hydrogen-bond acceptors (Lipinski definition) is 4. The molecule has 0 unspecified atom stereocenters. The lowest BCUT2D eigenvalue weighted by atomic mass is 9.89. The summed E-state index contributed by atoms with van der Waals surface area (Å²) >= 11 is 0. The highest BCUT2D eigenvalue weighted by molar-refractivity contribution is 7.88. The van der Waals surface area contributed by atoms with E-state index in [-0.39, 0.29) is 5.69 Å². The lowest BCUT2D eigenvalue weighted by molar-refractivity contribution is 0.0939. The van der Waals surface area contributed by atoms with Crippen LogP contribution < -0.4 is 10.3 Å². The van der Waals surface area contributed by atoms with Crippen molar-refractivity contribution < 1.29 is 13.2 Å². The number of fused-ring (bicyclic) bond motifs is 3. The topological polar surface area (TPSA) is 104 Å². The zero-order valence-corrected chi connectivity index (χ0v) is 12.1. The molecule has 1 heterocycles. The van der Waals surface area contributed by atoms with Gasteiger partial charge in [-0.05, 0) is 18.4 Å². The first-order valence-electron chi connectivity index (χ1n) is 6.38. The number of nitrogens with one attached hydrogen (secondary N) is 3. The summed E-state index contributed by atoms with van der Waals surface area (Å²) in [5.41, 5.74) is 6.19. The van der Waals surface area contributed by atoms with Crippen LogP contribution in [0.3, 0.4) is 0 Å². The summed E-state index contributed by atoms with van der Waals surface area (Å²) in [7, 11) is -3.50. The Bertz CT molecular complexity index is 811. The van der Waals surface area contributed by atoms with Crippen molar-refractivity contribution in [2.24, 2.45) is 0 Å². The summed E-state index contributed by atoms with van der Waals surface area (Å²) in [6.07, 6.45) is 2.47. The van der Waals surface area contributed by atoms with Crippen molar-refractivity contribution in [1.29, 1.82) is 0 Å². The van der Waals surface area contributed by atoms with E-state index in [1.54, 1.807) is 0 Å². The molecule has 8 heteroatoms. The maximum absolute atomic E-state index is 12.0. The number of aromatic amines is 1. The number of sulfonamides is 1. The number of aryl methyl sites for hydroxylation is 1. The second-order valence-corrected chi connectivity index (χ2v) is 6.66. The second kappa shape index (κ2) is 4.97. The molecule has 0 aliphatic heterocycles. The molecule has 0 radical (unpaired) electrons. The van der Waals surface area contributed by atoms with Crippen molar-refractivity contribution >= 4 is 15.9 Å². The highest BCUT2D eigenvalue weighted by atomic mass is 32.2. The van der Waals surface area contributed by atoms with Gasteiger partial charge >= 0.3 is 0 Å². The molecule has 1 aromatic heterocycles. The Hall–Kier alpha value is -2.19. The smallest absolute Gasteiger partial charge is 0.272 e. The van der Waals surface area contributed by atoms with Crippen molar-refractivity contribution in [2.45, 2.75) is 12.8 Å². The molecular weight excluding hydrogens is 292 g/mol. The van der Waals surface area contributed by atoms with Crippen LogP contribution in [0, 0.1) is 0 Å². The first-order chi connectivity index (χ1) is 9.96. The molecule has 0 atom stereocenters. The molecule has 3 rings (SSSR count). The van der Waals surface area contributed by atoms with Crippen LogP contribution >= 0.6 is 0 Å². The number of carbonyl (C=O) groups is 1. The van der Waals surface area contributed by atoms with Gasteiger partial charge in [0.05, 0.1) is 11.9 Å². The number of hydrogen-bond donors (Lipinski definition) is 3. The Kier molecular flexibility index (Phi) is 3.26. The molecule has 3 N–H and O–H groups in total. The van der Waals surface area contributed by atoms with Gasteiger partial charge in [-0.1, -0.05) is 24.3 Å². The molecule has 0 saturated heterocycles. The standard InChI is InChI=1S/C13H14N4O3S/c1-21(19,20)17-16-13(18)12-10-7-6-8-4-2-3-5-9(8)11(10)14-15-12/h2-5,17H,6-7H2,1H3,(H,14,15)(H,16,18). The predicted octanol–water partition coefficient (Wildman–Crippen LogP) is 0.369. The van der Waals surface area contributed by atoms with Gasteiger partial charge in [0.2, 0.25) is 10.0 Å². The van der Waals surface area contributed by atoms with E-state index < -0.39 is 15.9 Å². The highest BCUT2D eigenvalue weighted by Gasteiger charge is 2.25. The molecule has 0 spiro atoms. The summed E-state index contributed by atoms with van der Waals surface area (Å²) in [6.45, 7) is 0. The first kappa shape index (κ1) is 13.8. The van der Waals surface area contributed by atoms with E-state index in [4.69, 9.17) is 0 Å². The van der Waals surface area contributed by atoms with Crippen LogP contribution in [-0.4, -0.2) is 30.8 Å². The van der Waals surface area contributed by atoms with Crippen LogP contribution in [0.25, 0.3) is 11.3 Å². The SMILES string of the molecule is CS(=O)(=O)NNC(=O)c1[nH]nc2c1CCc1ccccc1-2. The first-order valence-corrected chi connectivity index (χ1v) is 8.27. The number of H-pyrrole nitrogens is 1. The predicted molar refractivity (Wildman–Crippen MR) is 76.9 cm³/mol. The quantitative estimate of drug-likeness (QED) is 0.713. The molecule has 21 heavy (non-hydrogen) atoms. The third-order valence-electron chi connectivity index (χ3n) is 3.36. The van der Waals surface area contributed by atoms with Crippen molar-refractivity contribution in [3.63, 3.8) is 0 Å². The van der Waals surface area contributed by atoms with Crippen molar-refractivity contribution in [3.8, 4) is 11.3 Å². The number of aromatic nitrogens is 2. The van der Waals surface area contributed by atoms with Crippen molar-refractivity contribution in [1.82, 2.24) is 20.5 Å². The highest BCUT2D eigenvalue weighted by Crippen LogP contribution is 2.33. The number of hydrazine groups is 1. The third-order valence-corrected chi connectivity index (χ3v) is 3.83. The Balaban J connectivity index is 1.92. The average Bonchev–Trinajstić information content (AvgIpc) is 2.88. The summed E-state index contributed by atoms with van der Waals surface area (Å²) in [6, 6.07) is 7.90. The number of amides is 1. The molecule has 1 aliphatic carbocycles. The molecule has 0 fully saturated rings. The Labute approximate surface area is 121 Å². The molecule has 1 aromatic carbocycles. The number of carbonyl (C=O) groups excluding carboxylic acids is 1. The van der Waals surface area contributed by atoms with Crippen LogP contribution in [0.4, 0.5) is 0 Å². The van der Waals surface area contributed by atoms with Crippen LogP contribution in [0.5, 0.6) is 0 Å². The second-order valence-electron chi connectivity index (χ2n) is 4.91. The van der Waals surface area contributed by atoms with E-state index in [1.165, 1.54) is 5.56 Å². The van der Waals surface area contributed by atoms with E-state index in [1.807, 2.05) is 29.1 Å². The number of benzene rings is 1. The zero-order valence-electron chi connectivity index (χ0n) is 11.3. The van der Waals surface area contributed by atoms with Gasteiger partial charge in [-0.15, -0.1) is 4.83 Å². The molecule has 0 saturated carbocycles. The Morgan fingerprint density at radius 1 is 1.29 bits per heavy atom. The lowest BCUT2D eigenvalue weighted by Crippen LogP contribution is -2.41. The largest absolute Gasteiger partial charge is 0.284 e. The van der Waals surface area contributed by atoms with Gasteiger partial charge in [-0.25, -0.2) is 8.42 Å². The fourth-order valence-electron chi connectivity index (χ4n) is 2.45. The van der Waals surface area contributed by atoms with E-state index in [2.05, 4.69) is 15.6 Å². The molecule has 0 bridgehead atoms. The minimum absolute atomic E-state index is 0.288. The summed E-state index contributed by atoms with van der Waals surface area (Å²) in [5.74, 6) is -0.548. The summed E-state index contributed by atoms with van der Waals surface area (Å²) < 4.78 is 22.0. The average molecular weight is 306 g/mol. The fourth-order valence-corrected chi connectivity index (χ4v) is 2.73. The van der Waals surface area contributed by atoms with Gasteiger partial charge in [0.15, 0.2) is 0 Å². The van der Waals surface area contributed by atoms with Gasteiger partial charge < -0.3 is 0 Å². The van der Waals surface area contributed by atoms with Crippen molar-refractivity contribution in [2.75, 3.05) is 6.26 Å². The number of nitrogens with zero attached hydrogens (tertiary/aromatic N) is 1. The van der Waals surface area contributed by atoms with Crippen LogP contribution in [0.15, 0.2) is 24.3 Å². The van der Waals surface area contributed by atoms with Crippen LogP contribution in [0.2, 0.25) is 0 Å². The van der Waals surface area contributed by atoms with Crippen LogP contribution in [-0.2, 0) is 22.9 Å². The monoisotopic (exact) mass is 306 g/mol. The van der Waals surface area contributed by atoms with Crippen molar-refractivity contribution in [3.05, 3.63) is 41.1 Å². The minimum Gasteiger partial charge on any atom is -0.272 e. The molecule has 7 nitrogen and oxygen atoms in total. The van der Waals surface area contributed by atoms with Gasteiger partial charge in [-0.2, -0.15) is 5.10 Å². The van der Waals surface area contributed by atoms with Crippen LogP contribution in [0.1, 0.15) is 21.6 Å². The van der Waals surface area contributed by atoms with E-state index in [0.717, 1.165) is 29.5 Å². The summed E-state index contributed by atoms with van der Waals surface area (Å²) in [5, 5.41) is 6.90. The fraction of sp³-hybridized carbons (Fsp3) is 0.231. The molecule has 1 amide bonds. The molecule has 1 aliphatic rings. The van der Waals surface area contributed by atoms with E-state index >= 15 is 0 Å². The van der Waals surface area contributed by atoms with Gasteiger partial charge in [0.25, 0.3) is 5.91 Å². The number of rotatable bonds is 3. The van der Waals surface area contributed by atoms with Gasteiger partial charge in [0, 0.05) is 11.1 Å². The maximum atomic E-state index is 12.0. The Morgan fingerprint density at radius 2 is 2.05 bits per heavy atom. The molecule has 2 aromatic rings. The van der Waals surface area contributed by atoms with Gasteiger partial charge in [0.1, 0.15) is 5.69 Å². The minimum atomic E-state index is -3.50. The zero-order chi connectivity index (χ0) is 15.0. The van der Waals surface area contributed by atoms with E-state index in [0.29, 0.717) is 6.42 Å².